The summed E-state index contributed by atoms with van der Waals surface area (Å²) in [5.74, 6) is -0.743. The largest absolute Gasteiger partial charge is 0.459 e. The van der Waals surface area contributed by atoms with Crippen molar-refractivity contribution < 1.29 is 14.2 Å². The number of hydrogen-bond acceptors (Lipinski definition) is 3. The van der Waals surface area contributed by atoms with Crippen molar-refractivity contribution in [2.75, 3.05) is 0 Å². The van der Waals surface area contributed by atoms with E-state index in [2.05, 4.69) is 0 Å². The normalized spacial score (nSPS) is 11.4. The second-order valence-corrected chi connectivity index (χ2v) is 10.2. The summed E-state index contributed by atoms with van der Waals surface area (Å²) >= 11 is 42.6. The number of ketones is 1. The van der Waals surface area contributed by atoms with Crippen molar-refractivity contribution in [2.24, 2.45) is 0 Å². The lowest BCUT2D eigenvalue weighted by Gasteiger charge is -2.11. The van der Waals surface area contributed by atoms with Gasteiger partial charge in [-0.15, -0.1) is 0 Å². The zero-order valence-corrected chi connectivity index (χ0v) is 21.0. The van der Waals surface area contributed by atoms with E-state index in [9.17, 15) is 14.2 Å². The van der Waals surface area contributed by atoms with E-state index in [1.54, 1.807) is 6.07 Å². The third-order valence-corrected chi connectivity index (χ3v) is 8.49. The van der Waals surface area contributed by atoms with Crippen LogP contribution in [0.3, 0.4) is 0 Å². The van der Waals surface area contributed by atoms with E-state index >= 15 is 0 Å². The monoisotopic (exact) mass is 571 g/mol. The molecular weight excluding hydrogens is 567 g/mol. The summed E-state index contributed by atoms with van der Waals surface area (Å²) in [5.41, 5.74) is -1.27. The van der Waals surface area contributed by atoms with E-state index < -0.39 is 19.1 Å². The maximum atomic E-state index is 13.3. The highest BCUT2D eigenvalue weighted by atomic mass is 35.5. The zero-order chi connectivity index (χ0) is 23.0. The van der Waals surface area contributed by atoms with Crippen molar-refractivity contribution in [1.82, 2.24) is 0 Å². The molecule has 3 rings (SSSR count). The lowest BCUT2D eigenvalue weighted by Crippen LogP contribution is -2.17. The van der Waals surface area contributed by atoms with Crippen molar-refractivity contribution in [3.8, 4) is 0 Å². The molecule has 0 saturated carbocycles. The number of halogens is 7. The Hall–Kier alpha value is -0.870. The summed E-state index contributed by atoms with van der Waals surface area (Å²) in [6.07, 6.45) is 0. The van der Waals surface area contributed by atoms with Gasteiger partial charge in [0, 0.05) is 0 Å². The van der Waals surface area contributed by atoms with Crippen LogP contribution in [0.25, 0.3) is 0 Å². The minimum absolute atomic E-state index is 0.0343. The Bertz CT molecular complexity index is 1220. The number of hydrogen-bond donors (Lipinski definition) is 0. The van der Waals surface area contributed by atoms with Gasteiger partial charge in [-0.3, -0.25) is 4.79 Å². The molecule has 3 aromatic carbocycles. The van der Waals surface area contributed by atoms with Crippen LogP contribution < -0.4 is 5.30 Å². The van der Waals surface area contributed by atoms with Crippen molar-refractivity contribution >= 4 is 106 Å². The van der Waals surface area contributed by atoms with Crippen molar-refractivity contribution in [3.63, 3.8) is 0 Å². The summed E-state index contributed by atoms with van der Waals surface area (Å²) in [4.78, 5) is 26.2. The summed E-state index contributed by atoms with van der Waals surface area (Å²) in [5, 5.41) is -0.883. The molecule has 3 nitrogen and oxygen atoms in total. The quantitative estimate of drug-likeness (QED) is 0.133. The first kappa shape index (κ1) is 24.8. The fourth-order valence-electron chi connectivity index (χ4n) is 2.69. The Morgan fingerprint density at radius 1 is 0.613 bits per heavy atom. The smallest absolute Gasteiger partial charge is 0.288 e. The van der Waals surface area contributed by atoms with Gasteiger partial charge in [0.25, 0.3) is 0 Å². The van der Waals surface area contributed by atoms with Crippen LogP contribution >= 0.6 is 89.0 Å². The first-order valence-electron chi connectivity index (χ1n) is 8.18. The van der Waals surface area contributed by atoms with Crippen molar-refractivity contribution in [3.05, 3.63) is 94.3 Å². The van der Waals surface area contributed by atoms with E-state index in [0.29, 0.717) is 0 Å². The second kappa shape index (κ2) is 9.95. The molecule has 0 bridgehead atoms. The van der Waals surface area contributed by atoms with Gasteiger partial charge in [-0.2, -0.15) is 0 Å². The topological polar surface area (TPSA) is 51.2 Å². The highest BCUT2D eigenvalue weighted by Gasteiger charge is 2.40. The van der Waals surface area contributed by atoms with Gasteiger partial charge in [0.1, 0.15) is 5.56 Å². The molecule has 0 amide bonds. The zero-order valence-electron chi connectivity index (χ0n) is 14.9. The Labute approximate surface area is 212 Å². The Balaban J connectivity index is 2.15. The molecule has 0 radical (unpaired) electrons. The Morgan fingerprint density at radius 2 is 1.10 bits per heavy atom. The molecule has 1 atom stereocenters. The van der Waals surface area contributed by atoms with E-state index in [4.69, 9.17) is 81.2 Å². The highest BCUT2D eigenvalue weighted by molar-refractivity contribution is 7.71. The van der Waals surface area contributed by atoms with Crippen LogP contribution in [-0.2, 0) is 4.57 Å². The lowest BCUT2D eigenvalue weighted by molar-refractivity contribution is 0.103. The van der Waals surface area contributed by atoms with Gasteiger partial charge in [-0.05, 0) is 24.3 Å². The van der Waals surface area contributed by atoms with E-state index in [1.165, 1.54) is 36.4 Å². The van der Waals surface area contributed by atoms with Crippen LogP contribution in [0.2, 0.25) is 35.2 Å². The molecule has 0 aliphatic rings. The maximum absolute atomic E-state index is 13.3. The Kier molecular flexibility index (Phi) is 7.95. The molecule has 31 heavy (non-hydrogen) atoms. The fourth-order valence-corrected chi connectivity index (χ4v) is 5.98. The van der Waals surface area contributed by atoms with Gasteiger partial charge in [-0.1, -0.05) is 104 Å². The standard InChI is InChI=1S/C20H7Cl7O3P/c21-9-5-3-6-10(22)12(9)20(29)31(30)11-7-2-1-4-8(11)19(28)13-14(23)16(25)18(27)17(26)15(13)24/h1-7H/q+1. The van der Waals surface area contributed by atoms with Crippen molar-refractivity contribution in [1.29, 1.82) is 0 Å². The minimum Gasteiger partial charge on any atom is -0.288 e. The molecule has 0 fully saturated rings. The fraction of sp³-hybridized carbons (Fsp3) is 0. The molecule has 1 unspecified atom stereocenters. The molecule has 11 heteroatoms. The number of benzene rings is 3. The lowest BCUT2D eigenvalue weighted by atomic mass is 10.0. The number of rotatable bonds is 5. The van der Waals surface area contributed by atoms with Crippen LogP contribution in [0.15, 0.2) is 42.5 Å². The van der Waals surface area contributed by atoms with Crippen molar-refractivity contribution in [2.45, 2.75) is 0 Å². The first-order chi connectivity index (χ1) is 14.6. The number of carbonyl (C=O) groups excluding carboxylic acids is 2. The SMILES string of the molecule is O=C(c1ccccc1[P+](=O)C(=O)c1c(Cl)cccc1Cl)c1c(Cl)c(Cl)c(Cl)c(Cl)c1Cl. The van der Waals surface area contributed by atoms with Gasteiger partial charge in [0.05, 0.1) is 46.3 Å². The van der Waals surface area contributed by atoms with Crippen LogP contribution in [0, 0.1) is 0 Å². The van der Waals surface area contributed by atoms with E-state index in [1.807, 2.05) is 0 Å². The molecule has 158 valence electrons. The van der Waals surface area contributed by atoms with Gasteiger partial charge >= 0.3 is 13.3 Å². The molecular formula is C20H7Cl7O3P+. The predicted octanol–water partition coefficient (Wildman–Crippen LogP) is 8.78. The second-order valence-electron chi connectivity index (χ2n) is 5.99. The first-order valence-corrected chi connectivity index (χ1v) is 12.1. The molecule has 0 spiro atoms. The van der Waals surface area contributed by atoms with Crippen LogP contribution in [-0.4, -0.2) is 11.3 Å². The van der Waals surface area contributed by atoms with Crippen LogP contribution in [0.1, 0.15) is 26.3 Å². The molecule has 0 N–H and O–H groups in total. The molecule has 0 aliphatic heterocycles. The highest BCUT2D eigenvalue weighted by Crippen LogP contribution is 2.45. The number of carbonyl (C=O) groups is 2. The van der Waals surface area contributed by atoms with Gasteiger partial charge in [0.15, 0.2) is 0 Å². The molecule has 0 aromatic heterocycles. The third kappa shape index (κ3) is 4.62. The van der Waals surface area contributed by atoms with Gasteiger partial charge < -0.3 is 0 Å². The van der Waals surface area contributed by atoms with Crippen LogP contribution in [0.5, 0.6) is 0 Å². The average molecular weight is 574 g/mol. The summed E-state index contributed by atoms with van der Waals surface area (Å²) in [6, 6.07) is 10.2. The molecule has 3 aromatic rings. The molecule has 0 aliphatic carbocycles. The van der Waals surface area contributed by atoms with Gasteiger partial charge in [0.2, 0.25) is 11.1 Å². The molecule has 0 saturated heterocycles. The summed E-state index contributed by atoms with van der Waals surface area (Å²) in [6.45, 7) is 0. The van der Waals surface area contributed by atoms with Crippen LogP contribution in [0.4, 0.5) is 0 Å². The van der Waals surface area contributed by atoms with E-state index in [0.717, 1.165) is 0 Å². The average Bonchev–Trinajstić information content (AvgIpc) is 2.75. The van der Waals surface area contributed by atoms with E-state index in [-0.39, 0.29) is 57.2 Å². The summed E-state index contributed by atoms with van der Waals surface area (Å²) < 4.78 is 13.2. The minimum atomic E-state index is -2.79. The predicted molar refractivity (Wildman–Crippen MR) is 129 cm³/mol. The Morgan fingerprint density at radius 3 is 1.65 bits per heavy atom. The third-order valence-electron chi connectivity index (χ3n) is 4.17. The maximum Gasteiger partial charge on any atom is 0.459 e. The van der Waals surface area contributed by atoms with Gasteiger partial charge in [-0.25, -0.2) is 4.79 Å². The summed E-state index contributed by atoms with van der Waals surface area (Å²) in [7, 11) is -2.79. The molecule has 0 heterocycles.